The molecule has 6 heteroatoms. The number of hydrogen-bond donors (Lipinski definition) is 0. The molecule has 0 spiro atoms. The molecule has 1 heterocycles. The third-order valence-electron chi connectivity index (χ3n) is 6.13. The number of carbonyl (C=O) groups excluding carboxylic acids is 1. The van der Waals surface area contributed by atoms with Gasteiger partial charge in [-0.1, -0.05) is 60.7 Å². The van der Waals surface area contributed by atoms with Crippen LogP contribution in [0.5, 0.6) is 5.75 Å². The maximum absolute atomic E-state index is 13.0. The molecule has 1 aliphatic rings. The van der Waals surface area contributed by atoms with Gasteiger partial charge in [0.25, 0.3) is 0 Å². The van der Waals surface area contributed by atoms with Crippen LogP contribution in [0.1, 0.15) is 61.1 Å². The topological polar surface area (TPSA) is 74.9 Å². The summed E-state index contributed by atoms with van der Waals surface area (Å²) in [6, 6.07) is 23.9. The Hall–Kier alpha value is -4.11. The lowest BCUT2D eigenvalue weighted by atomic mass is 9.95. The number of rotatable bonds is 5. The molecule has 0 saturated heterocycles. The molecule has 1 unspecified atom stereocenters. The molecule has 1 amide bonds. The summed E-state index contributed by atoms with van der Waals surface area (Å²) in [4.78, 5) is 19.8. The Labute approximate surface area is 212 Å². The number of hydrogen-bond acceptors (Lipinski definition) is 5. The molecule has 0 saturated carbocycles. The van der Waals surface area contributed by atoms with Crippen molar-refractivity contribution >= 4 is 17.5 Å². The van der Waals surface area contributed by atoms with Gasteiger partial charge in [-0.15, -0.1) is 0 Å². The normalized spacial score (nSPS) is 14.6. The van der Waals surface area contributed by atoms with E-state index in [1.807, 2.05) is 94.4 Å². The van der Waals surface area contributed by atoms with Crippen molar-refractivity contribution in [2.45, 2.75) is 52.3 Å². The van der Waals surface area contributed by atoms with E-state index in [-0.39, 0.29) is 6.42 Å². The van der Waals surface area contributed by atoms with E-state index < -0.39 is 17.7 Å². The Bertz CT molecular complexity index is 1280. The van der Waals surface area contributed by atoms with Gasteiger partial charge in [-0.3, -0.25) is 4.90 Å². The molecule has 0 fully saturated rings. The maximum atomic E-state index is 13.0. The number of nitriles is 1. The van der Waals surface area contributed by atoms with Crippen molar-refractivity contribution in [2.75, 3.05) is 7.11 Å². The predicted molar refractivity (Wildman–Crippen MR) is 141 cm³/mol. The summed E-state index contributed by atoms with van der Waals surface area (Å²) in [5.74, 6) is 0.632. The van der Waals surface area contributed by atoms with E-state index in [1.165, 1.54) is 0 Å². The van der Waals surface area contributed by atoms with E-state index in [0.717, 1.165) is 33.5 Å². The Morgan fingerprint density at radius 3 is 2.17 bits per heavy atom. The minimum atomic E-state index is -0.633. The molecule has 184 valence electrons. The summed E-state index contributed by atoms with van der Waals surface area (Å²) in [5, 5.41) is 9.55. The minimum Gasteiger partial charge on any atom is -0.494 e. The van der Waals surface area contributed by atoms with Gasteiger partial charge >= 0.3 is 6.09 Å². The number of carbonyl (C=O) groups is 1. The first-order chi connectivity index (χ1) is 17.2. The standard InChI is InChI=1S/C30H31N3O3/c1-20-26-23(19-33(25(26)16-17-31)29(34)36-30(2,3)4)18-24(28(20)35-5)32-27(21-12-8-6-9-13-21)22-14-10-7-11-15-22/h6-15,18,25H,16,19H2,1-5H3. The first kappa shape index (κ1) is 25.0. The Balaban J connectivity index is 1.86. The summed E-state index contributed by atoms with van der Waals surface area (Å²) >= 11 is 0. The van der Waals surface area contributed by atoms with Gasteiger partial charge in [0.15, 0.2) is 0 Å². The van der Waals surface area contributed by atoms with Crippen LogP contribution in [-0.2, 0) is 11.3 Å². The van der Waals surface area contributed by atoms with E-state index in [2.05, 4.69) is 6.07 Å². The number of benzene rings is 3. The van der Waals surface area contributed by atoms with Crippen LogP contribution in [0.3, 0.4) is 0 Å². The summed E-state index contributed by atoms with van der Waals surface area (Å²) in [5.41, 5.74) is 5.59. The minimum absolute atomic E-state index is 0.165. The van der Waals surface area contributed by atoms with Crippen LogP contribution in [-0.4, -0.2) is 29.4 Å². The number of amides is 1. The quantitative estimate of drug-likeness (QED) is 0.372. The highest BCUT2D eigenvalue weighted by Crippen LogP contribution is 2.46. The second kappa shape index (κ2) is 10.2. The van der Waals surface area contributed by atoms with E-state index in [1.54, 1.807) is 12.0 Å². The molecule has 0 radical (unpaired) electrons. The molecular weight excluding hydrogens is 450 g/mol. The van der Waals surface area contributed by atoms with Crippen molar-refractivity contribution in [1.29, 1.82) is 5.26 Å². The number of ether oxygens (including phenoxy) is 2. The van der Waals surface area contributed by atoms with Crippen LogP contribution in [0.4, 0.5) is 10.5 Å². The Morgan fingerprint density at radius 2 is 1.67 bits per heavy atom. The van der Waals surface area contributed by atoms with Gasteiger partial charge in [0, 0.05) is 11.1 Å². The predicted octanol–water partition coefficient (Wildman–Crippen LogP) is 6.88. The largest absolute Gasteiger partial charge is 0.494 e. The van der Waals surface area contributed by atoms with Crippen LogP contribution in [0.25, 0.3) is 0 Å². The van der Waals surface area contributed by atoms with Gasteiger partial charge in [-0.25, -0.2) is 9.79 Å². The fourth-order valence-corrected chi connectivity index (χ4v) is 4.67. The highest BCUT2D eigenvalue weighted by molar-refractivity contribution is 6.14. The molecule has 6 nitrogen and oxygen atoms in total. The summed E-state index contributed by atoms with van der Waals surface area (Å²) < 4.78 is 11.5. The fraction of sp³-hybridized carbons (Fsp3) is 0.300. The molecule has 0 aliphatic carbocycles. The molecule has 0 N–H and O–H groups in total. The van der Waals surface area contributed by atoms with Crippen molar-refractivity contribution in [1.82, 2.24) is 4.90 Å². The third-order valence-corrected chi connectivity index (χ3v) is 6.13. The zero-order valence-electron chi connectivity index (χ0n) is 21.4. The lowest BCUT2D eigenvalue weighted by Gasteiger charge is -2.28. The third kappa shape index (κ3) is 5.11. The molecule has 36 heavy (non-hydrogen) atoms. The van der Waals surface area contributed by atoms with Gasteiger partial charge in [0.1, 0.15) is 17.0 Å². The molecule has 3 aromatic carbocycles. The van der Waals surface area contributed by atoms with E-state index in [0.29, 0.717) is 18.0 Å². The fourth-order valence-electron chi connectivity index (χ4n) is 4.67. The van der Waals surface area contributed by atoms with Crippen LogP contribution in [0.15, 0.2) is 71.7 Å². The van der Waals surface area contributed by atoms with Crippen molar-refractivity contribution in [3.05, 3.63) is 94.5 Å². The second-order valence-electron chi connectivity index (χ2n) is 9.81. The lowest BCUT2D eigenvalue weighted by molar-refractivity contribution is 0.0175. The molecule has 1 aliphatic heterocycles. The molecule has 1 atom stereocenters. The van der Waals surface area contributed by atoms with Gasteiger partial charge in [0.2, 0.25) is 0 Å². The van der Waals surface area contributed by atoms with Gasteiger partial charge in [-0.05, 0) is 50.5 Å². The van der Waals surface area contributed by atoms with Crippen molar-refractivity contribution in [3.8, 4) is 11.8 Å². The highest BCUT2D eigenvalue weighted by atomic mass is 16.6. The van der Waals surface area contributed by atoms with E-state index in [4.69, 9.17) is 14.5 Å². The zero-order valence-corrected chi connectivity index (χ0v) is 21.4. The van der Waals surface area contributed by atoms with Crippen molar-refractivity contribution in [3.63, 3.8) is 0 Å². The molecule has 0 bridgehead atoms. The summed E-state index contributed by atoms with van der Waals surface area (Å²) in [6.45, 7) is 7.82. The maximum Gasteiger partial charge on any atom is 0.411 e. The second-order valence-corrected chi connectivity index (χ2v) is 9.81. The van der Waals surface area contributed by atoms with Crippen LogP contribution in [0, 0.1) is 18.3 Å². The Kier molecular flexibility index (Phi) is 7.12. The number of aliphatic imine (C=N–C) groups is 1. The van der Waals surface area contributed by atoms with Crippen LogP contribution < -0.4 is 4.74 Å². The van der Waals surface area contributed by atoms with Crippen LogP contribution in [0.2, 0.25) is 0 Å². The summed E-state index contributed by atoms with van der Waals surface area (Å²) in [6.07, 6.45) is -0.269. The molecule has 0 aromatic heterocycles. The average Bonchev–Trinajstić information content (AvgIpc) is 3.21. The number of nitrogens with zero attached hydrogens (tertiary/aromatic N) is 3. The monoisotopic (exact) mass is 481 g/mol. The van der Waals surface area contributed by atoms with E-state index in [9.17, 15) is 10.1 Å². The molecule has 3 aromatic rings. The summed E-state index contributed by atoms with van der Waals surface area (Å²) in [7, 11) is 1.62. The van der Waals surface area contributed by atoms with Gasteiger partial charge in [0.05, 0.1) is 37.9 Å². The van der Waals surface area contributed by atoms with Gasteiger partial charge in [-0.2, -0.15) is 5.26 Å². The van der Waals surface area contributed by atoms with Gasteiger partial charge < -0.3 is 9.47 Å². The molecule has 4 rings (SSSR count). The average molecular weight is 482 g/mol. The highest BCUT2D eigenvalue weighted by Gasteiger charge is 2.38. The zero-order chi connectivity index (χ0) is 25.9. The van der Waals surface area contributed by atoms with Crippen LogP contribution >= 0.6 is 0 Å². The molecular formula is C30H31N3O3. The van der Waals surface area contributed by atoms with E-state index >= 15 is 0 Å². The first-order valence-corrected chi connectivity index (χ1v) is 12.0. The Morgan fingerprint density at radius 1 is 1.08 bits per heavy atom. The SMILES string of the molecule is COc1c(N=C(c2ccccc2)c2ccccc2)cc2c(c1C)C(CC#N)N(C(=O)OC(C)(C)C)C2. The number of methoxy groups -OCH3 is 1. The number of fused-ring (bicyclic) bond motifs is 1. The van der Waals surface area contributed by atoms with Crippen molar-refractivity contribution < 1.29 is 14.3 Å². The first-order valence-electron chi connectivity index (χ1n) is 12.0. The van der Waals surface area contributed by atoms with Crippen molar-refractivity contribution in [2.24, 2.45) is 4.99 Å². The lowest BCUT2D eigenvalue weighted by Crippen LogP contribution is -2.35. The smallest absolute Gasteiger partial charge is 0.411 e.